The summed E-state index contributed by atoms with van der Waals surface area (Å²) in [5.74, 6) is 6.24. The molecule has 4 nitrogen and oxygen atoms in total. The molecule has 1 aliphatic rings. The fraction of sp³-hybridized carbons (Fsp3) is 0.667. The Bertz CT molecular complexity index is 301. The second kappa shape index (κ2) is 3.12. The van der Waals surface area contributed by atoms with E-state index in [1.807, 2.05) is 18.7 Å². The first-order chi connectivity index (χ1) is 6.22. The van der Waals surface area contributed by atoms with Gasteiger partial charge in [0.25, 0.3) is 0 Å². The molecule has 2 rings (SSSR count). The summed E-state index contributed by atoms with van der Waals surface area (Å²) in [5.41, 5.74) is 5.12. The first kappa shape index (κ1) is 8.72. The number of rotatable bonds is 3. The van der Waals surface area contributed by atoms with E-state index in [4.69, 9.17) is 5.84 Å². The van der Waals surface area contributed by atoms with Crippen LogP contribution in [0.15, 0.2) is 6.07 Å². The Labute approximate surface area is 78.1 Å². The van der Waals surface area contributed by atoms with E-state index in [-0.39, 0.29) is 6.04 Å². The number of hydrogen-bond donors (Lipinski definition) is 2. The minimum absolute atomic E-state index is 0.284. The third-order valence-corrected chi connectivity index (χ3v) is 2.63. The highest BCUT2D eigenvalue weighted by Crippen LogP contribution is 2.40. The lowest BCUT2D eigenvalue weighted by atomic mass is 10.1. The Hall–Kier alpha value is -0.870. The van der Waals surface area contributed by atoms with Gasteiger partial charge in [-0.1, -0.05) is 0 Å². The van der Waals surface area contributed by atoms with Gasteiger partial charge >= 0.3 is 0 Å². The molecule has 1 aliphatic carbocycles. The number of nitrogens with zero attached hydrogens (tertiary/aromatic N) is 2. The van der Waals surface area contributed by atoms with Gasteiger partial charge in [-0.2, -0.15) is 5.10 Å². The molecule has 1 aromatic rings. The lowest BCUT2D eigenvalue weighted by Gasteiger charge is -2.14. The zero-order valence-corrected chi connectivity index (χ0v) is 8.12. The molecule has 0 aliphatic heterocycles. The van der Waals surface area contributed by atoms with Crippen LogP contribution in [0.1, 0.15) is 30.3 Å². The van der Waals surface area contributed by atoms with Gasteiger partial charge in [0.05, 0.1) is 17.4 Å². The van der Waals surface area contributed by atoms with E-state index in [1.165, 1.54) is 18.5 Å². The average molecular weight is 180 g/mol. The van der Waals surface area contributed by atoms with Gasteiger partial charge in [0, 0.05) is 7.05 Å². The molecule has 1 aromatic heterocycles. The van der Waals surface area contributed by atoms with E-state index in [1.54, 1.807) is 0 Å². The Morgan fingerprint density at radius 2 is 2.38 bits per heavy atom. The van der Waals surface area contributed by atoms with Gasteiger partial charge < -0.3 is 0 Å². The van der Waals surface area contributed by atoms with E-state index in [0.29, 0.717) is 5.92 Å². The molecule has 4 heteroatoms. The Morgan fingerprint density at radius 3 is 2.77 bits per heavy atom. The highest BCUT2D eigenvalue weighted by molar-refractivity contribution is 5.15. The van der Waals surface area contributed by atoms with Crippen LogP contribution in [0.2, 0.25) is 0 Å². The molecule has 1 saturated carbocycles. The second-order valence-corrected chi connectivity index (χ2v) is 3.82. The standard InChI is InChI=1S/C9H16N4/c1-6-5-8(13(2)12-6)9(11-10)7-3-4-7/h5,7,9,11H,3-4,10H2,1-2H3. The van der Waals surface area contributed by atoms with Crippen molar-refractivity contribution in [1.82, 2.24) is 15.2 Å². The fourth-order valence-electron chi connectivity index (χ4n) is 1.81. The summed E-state index contributed by atoms with van der Waals surface area (Å²) in [4.78, 5) is 0. The van der Waals surface area contributed by atoms with Crippen LogP contribution in [-0.4, -0.2) is 9.78 Å². The molecule has 0 saturated heterocycles. The Balaban J connectivity index is 2.25. The Morgan fingerprint density at radius 1 is 1.69 bits per heavy atom. The van der Waals surface area contributed by atoms with Gasteiger partial charge in [-0.05, 0) is 31.7 Å². The first-order valence-electron chi connectivity index (χ1n) is 4.69. The number of hydrogen-bond acceptors (Lipinski definition) is 3. The Kier molecular flexibility index (Phi) is 2.09. The second-order valence-electron chi connectivity index (χ2n) is 3.82. The number of aromatic nitrogens is 2. The molecule has 13 heavy (non-hydrogen) atoms. The van der Waals surface area contributed by atoms with Crippen LogP contribution in [-0.2, 0) is 7.05 Å². The van der Waals surface area contributed by atoms with Gasteiger partial charge in [-0.15, -0.1) is 0 Å². The van der Waals surface area contributed by atoms with E-state index in [2.05, 4.69) is 16.6 Å². The number of hydrazine groups is 1. The summed E-state index contributed by atoms with van der Waals surface area (Å²) in [6.45, 7) is 2.00. The van der Waals surface area contributed by atoms with E-state index < -0.39 is 0 Å². The lowest BCUT2D eigenvalue weighted by Crippen LogP contribution is -2.30. The van der Waals surface area contributed by atoms with E-state index >= 15 is 0 Å². The molecule has 3 N–H and O–H groups in total. The van der Waals surface area contributed by atoms with Crippen LogP contribution >= 0.6 is 0 Å². The number of nitrogens with two attached hydrogens (primary N) is 1. The van der Waals surface area contributed by atoms with Gasteiger partial charge in [0.15, 0.2) is 0 Å². The molecular weight excluding hydrogens is 164 g/mol. The normalized spacial score (nSPS) is 19.0. The maximum absolute atomic E-state index is 5.53. The summed E-state index contributed by atoms with van der Waals surface area (Å²) in [6, 6.07) is 2.38. The molecule has 0 radical (unpaired) electrons. The molecule has 1 atom stereocenters. The first-order valence-corrected chi connectivity index (χ1v) is 4.69. The van der Waals surface area contributed by atoms with Crippen LogP contribution in [0.25, 0.3) is 0 Å². The molecule has 1 heterocycles. The van der Waals surface area contributed by atoms with Gasteiger partial charge in [-0.3, -0.25) is 16.0 Å². The number of aryl methyl sites for hydroxylation is 2. The largest absolute Gasteiger partial charge is 0.271 e. The van der Waals surface area contributed by atoms with Crippen molar-refractivity contribution in [3.63, 3.8) is 0 Å². The third-order valence-electron chi connectivity index (χ3n) is 2.63. The maximum Gasteiger partial charge on any atom is 0.0657 e. The molecule has 1 unspecified atom stereocenters. The summed E-state index contributed by atoms with van der Waals surface area (Å²) in [6.07, 6.45) is 2.55. The maximum atomic E-state index is 5.53. The van der Waals surface area contributed by atoms with Crippen molar-refractivity contribution in [2.24, 2.45) is 18.8 Å². The van der Waals surface area contributed by atoms with Gasteiger partial charge in [0.1, 0.15) is 0 Å². The van der Waals surface area contributed by atoms with Crippen molar-refractivity contribution in [3.05, 3.63) is 17.5 Å². The smallest absolute Gasteiger partial charge is 0.0657 e. The topological polar surface area (TPSA) is 55.9 Å². The molecule has 0 aromatic carbocycles. The van der Waals surface area contributed by atoms with E-state index in [9.17, 15) is 0 Å². The van der Waals surface area contributed by atoms with Crippen LogP contribution in [0.3, 0.4) is 0 Å². The SMILES string of the molecule is Cc1cc(C(NN)C2CC2)n(C)n1. The fourth-order valence-corrected chi connectivity index (χ4v) is 1.81. The zero-order valence-electron chi connectivity index (χ0n) is 8.12. The lowest BCUT2D eigenvalue weighted by molar-refractivity contribution is 0.462. The molecule has 0 bridgehead atoms. The van der Waals surface area contributed by atoms with Gasteiger partial charge in [-0.25, -0.2) is 0 Å². The van der Waals surface area contributed by atoms with Gasteiger partial charge in [0.2, 0.25) is 0 Å². The van der Waals surface area contributed by atoms with Crippen LogP contribution in [0, 0.1) is 12.8 Å². The van der Waals surface area contributed by atoms with Crippen molar-refractivity contribution >= 4 is 0 Å². The van der Waals surface area contributed by atoms with Crippen LogP contribution in [0.4, 0.5) is 0 Å². The average Bonchev–Trinajstić information content (AvgIpc) is 2.82. The van der Waals surface area contributed by atoms with Crippen molar-refractivity contribution in [1.29, 1.82) is 0 Å². The summed E-state index contributed by atoms with van der Waals surface area (Å²) in [5, 5.41) is 4.31. The molecular formula is C9H16N4. The minimum Gasteiger partial charge on any atom is -0.271 e. The monoisotopic (exact) mass is 180 g/mol. The highest BCUT2D eigenvalue weighted by atomic mass is 15.3. The van der Waals surface area contributed by atoms with Crippen molar-refractivity contribution in [2.45, 2.75) is 25.8 Å². The van der Waals surface area contributed by atoms with Crippen molar-refractivity contribution in [2.75, 3.05) is 0 Å². The molecule has 0 spiro atoms. The minimum atomic E-state index is 0.284. The van der Waals surface area contributed by atoms with Crippen molar-refractivity contribution in [3.8, 4) is 0 Å². The zero-order chi connectivity index (χ0) is 9.42. The molecule has 72 valence electrons. The van der Waals surface area contributed by atoms with Crippen LogP contribution in [0.5, 0.6) is 0 Å². The summed E-state index contributed by atoms with van der Waals surface area (Å²) in [7, 11) is 1.97. The molecule has 0 amide bonds. The van der Waals surface area contributed by atoms with Crippen LogP contribution < -0.4 is 11.3 Å². The summed E-state index contributed by atoms with van der Waals surface area (Å²) < 4.78 is 1.91. The van der Waals surface area contributed by atoms with Crippen molar-refractivity contribution < 1.29 is 0 Å². The predicted octanol–water partition coefficient (Wildman–Crippen LogP) is 0.643. The quantitative estimate of drug-likeness (QED) is 0.530. The third kappa shape index (κ3) is 1.59. The predicted molar refractivity (Wildman–Crippen MR) is 50.7 cm³/mol. The number of nitrogens with one attached hydrogen (secondary N) is 1. The summed E-state index contributed by atoms with van der Waals surface area (Å²) >= 11 is 0. The van der Waals surface area contributed by atoms with E-state index in [0.717, 1.165) is 5.69 Å². The highest BCUT2D eigenvalue weighted by Gasteiger charge is 2.33. The molecule has 1 fully saturated rings.